The summed E-state index contributed by atoms with van der Waals surface area (Å²) in [6.07, 6.45) is 0.460. The molecule has 6 heteroatoms. The van der Waals surface area contributed by atoms with Gasteiger partial charge in [-0.2, -0.15) is 0 Å². The van der Waals surface area contributed by atoms with E-state index in [1.54, 1.807) is 0 Å². The van der Waals surface area contributed by atoms with Crippen LogP contribution in [-0.2, 0) is 20.7 Å². The van der Waals surface area contributed by atoms with Crippen molar-refractivity contribution in [3.8, 4) is 0 Å². The third-order valence-electron chi connectivity index (χ3n) is 3.47. The van der Waals surface area contributed by atoms with E-state index in [1.807, 2.05) is 25.1 Å². The normalized spacial score (nSPS) is 21.7. The van der Waals surface area contributed by atoms with Gasteiger partial charge in [0.15, 0.2) is 5.54 Å². The third-order valence-corrected chi connectivity index (χ3v) is 3.96. The Hall–Kier alpha value is -1.40. The van der Waals surface area contributed by atoms with Crippen LogP contribution in [-0.4, -0.2) is 35.7 Å². The van der Waals surface area contributed by atoms with E-state index in [1.165, 1.54) is 0 Å². The Morgan fingerprint density at radius 3 is 2.80 bits per heavy atom. The number of amides is 1. The Morgan fingerprint density at radius 2 is 2.25 bits per heavy atom. The molecule has 0 spiro atoms. The van der Waals surface area contributed by atoms with Crippen LogP contribution in [0.2, 0.25) is 0 Å². The molecule has 5 nitrogen and oxygen atoms in total. The predicted octanol–water partition coefficient (Wildman–Crippen LogP) is 1.66. The van der Waals surface area contributed by atoms with E-state index in [0.29, 0.717) is 13.0 Å². The highest BCUT2D eigenvalue weighted by molar-refractivity contribution is 9.10. The molecule has 1 fully saturated rings. The molecular formula is C14H16BrNO4. The summed E-state index contributed by atoms with van der Waals surface area (Å²) < 4.78 is 6.06. The van der Waals surface area contributed by atoms with E-state index in [-0.39, 0.29) is 18.9 Å². The van der Waals surface area contributed by atoms with E-state index in [0.717, 1.165) is 15.6 Å². The molecule has 1 unspecified atom stereocenters. The molecule has 20 heavy (non-hydrogen) atoms. The first-order valence-corrected chi connectivity index (χ1v) is 7.09. The smallest absolute Gasteiger partial charge is 0.331 e. The van der Waals surface area contributed by atoms with Crippen molar-refractivity contribution in [2.75, 3.05) is 13.2 Å². The van der Waals surface area contributed by atoms with Gasteiger partial charge in [-0.25, -0.2) is 4.79 Å². The highest BCUT2D eigenvalue weighted by Gasteiger charge is 2.43. The summed E-state index contributed by atoms with van der Waals surface area (Å²) in [5.74, 6) is -1.35. The maximum absolute atomic E-state index is 12.1. The Morgan fingerprint density at radius 1 is 1.50 bits per heavy atom. The summed E-state index contributed by atoms with van der Waals surface area (Å²) in [4.78, 5) is 23.4. The van der Waals surface area contributed by atoms with Gasteiger partial charge in [0.25, 0.3) is 0 Å². The van der Waals surface area contributed by atoms with Crippen molar-refractivity contribution < 1.29 is 19.4 Å². The number of hydrogen-bond acceptors (Lipinski definition) is 3. The minimum absolute atomic E-state index is 0.0212. The van der Waals surface area contributed by atoms with Crippen LogP contribution in [0.25, 0.3) is 0 Å². The van der Waals surface area contributed by atoms with Crippen molar-refractivity contribution in [1.29, 1.82) is 0 Å². The maximum atomic E-state index is 12.1. The first-order valence-electron chi connectivity index (χ1n) is 6.30. The van der Waals surface area contributed by atoms with Crippen LogP contribution in [0.4, 0.5) is 0 Å². The molecule has 0 bridgehead atoms. The summed E-state index contributed by atoms with van der Waals surface area (Å²) in [6, 6.07) is 5.65. The molecule has 1 heterocycles. The third kappa shape index (κ3) is 3.19. The lowest BCUT2D eigenvalue weighted by atomic mass is 9.98. The first kappa shape index (κ1) is 15.0. The fourth-order valence-electron chi connectivity index (χ4n) is 2.23. The summed E-state index contributed by atoms with van der Waals surface area (Å²) in [6.45, 7) is 2.29. The van der Waals surface area contributed by atoms with Gasteiger partial charge in [0.2, 0.25) is 5.91 Å². The lowest BCUT2D eigenvalue weighted by molar-refractivity contribution is -0.147. The van der Waals surface area contributed by atoms with Crippen molar-refractivity contribution in [2.45, 2.75) is 25.3 Å². The van der Waals surface area contributed by atoms with Crippen molar-refractivity contribution in [1.82, 2.24) is 5.32 Å². The van der Waals surface area contributed by atoms with Crippen molar-refractivity contribution >= 4 is 27.8 Å². The molecule has 2 rings (SSSR count). The van der Waals surface area contributed by atoms with Gasteiger partial charge in [-0.15, -0.1) is 0 Å². The zero-order valence-corrected chi connectivity index (χ0v) is 12.7. The van der Waals surface area contributed by atoms with Crippen molar-refractivity contribution in [2.24, 2.45) is 0 Å². The molecule has 1 saturated heterocycles. The molecule has 0 aromatic heterocycles. The van der Waals surface area contributed by atoms with Crippen LogP contribution in [0, 0.1) is 6.92 Å². The number of benzene rings is 1. The monoisotopic (exact) mass is 341 g/mol. The number of halogens is 1. The molecule has 0 radical (unpaired) electrons. The number of hydrogen-bond donors (Lipinski definition) is 2. The molecule has 1 aromatic rings. The second-order valence-electron chi connectivity index (χ2n) is 4.99. The zero-order chi connectivity index (χ0) is 14.8. The van der Waals surface area contributed by atoms with Crippen molar-refractivity contribution in [3.63, 3.8) is 0 Å². The van der Waals surface area contributed by atoms with Crippen LogP contribution >= 0.6 is 15.9 Å². The molecule has 1 aliphatic rings. The quantitative estimate of drug-likeness (QED) is 0.873. The molecule has 1 atom stereocenters. The number of carbonyl (C=O) groups is 2. The second-order valence-corrected chi connectivity index (χ2v) is 5.90. The van der Waals surface area contributed by atoms with Crippen molar-refractivity contribution in [3.05, 3.63) is 33.8 Å². The number of aliphatic carboxylic acids is 1. The number of nitrogens with one attached hydrogen (secondary N) is 1. The number of carboxylic acids is 1. The summed E-state index contributed by atoms with van der Waals surface area (Å²) in [5, 5.41) is 11.9. The van der Waals surface area contributed by atoms with Crippen LogP contribution < -0.4 is 5.32 Å². The molecule has 1 aromatic carbocycles. The number of carboxylic acid groups (broad SMARTS) is 1. The summed E-state index contributed by atoms with van der Waals surface area (Å²) in [5.41, 5.74) is 0.590. The van der Waals surface area contributed by atoms with Gasteiger partial charge in [-0.05, 0) is 30.2 Å². The Balaban J connectivity index is 2.07. The lowest BCUT2D eigenvalue weighted by Crippen LogP contribution is -2.55. The predicted molar refractivity (Wildman–Crippen MR) is 76.5 cm³/mol. The molecule has 2 N–H and O–H groups in total. The largest absolute Gasteiger partial charge is 0.479 e. The van der Waals surface area contributed by atoms with Gasteiger partial charge >= 0.3 is 5.97 Å². The molecule has 0 aliphatic carbocycles. The lowest BCUT2D eigenvalue weighted by Gasteiger charge is -2.23. The van der Waals surface area contributed by atoms with E-state index in [9.17, 15) is 14.7 Å². The van der Waals surface area contributed by atoms with Crippen LogP contribution in [0.3, 0.4) is 0 Å². The highest BCUT2D eigenvalue weighted by atomic mass is 79.9. The number of carbonyl (C=O) groups excluding carboxylic acids is 1. The number of ether oxygens (including phenoxy) is 1. The summed E-state index contributed by atoms with van der Waals surface area (Å²) >= 11 is 3.37. The molecular weight excluding hydrogens is 326 g/mol. The molecule has 108 valence electrons. The van der Waals surface area contributed by atoms with E-state index >= 15 is 0 Å². The molecule has 0 saturated carbocycles. The minimum atomic E-state index is -1.28. The topological polar surface area (TPSA) is 75.6 Å². The number of aryl methyl sites for hydroxylation is 1. The van der Waals surface area contributed by atoms with E-state index in [2.05, 4.69) is 21.2 Å². The van der Waals surface area contributed by atoms with Gasteiger partial charge in [0.05, 0.1) is 13.0 Å². The average Bonchev–Trinajstić information content (AvgIpc) is 2.82. The number of rotatable bonds is 4. The zero-order valence-electron chi connectivity index (χ0n) is 11.1. The SMILES string of the molecule is Cc1cc(Br)ccc1CC(=O)NC1(C(=O)O)CCOC1. The second kappa shape index (κ2) is 5.93. The maximum Gasteiger partial charge on any atom is 0.331 e. The van der Waals surface area contributed by atoms with Gasteiger partial charge < -0.3 is 15.2 Å². The van der Waals surface area contributed by atoms with E-state index < -0.39 is 11.5 Å². The molecule has 1 aliphatic heterocycles. The van der Waals surface area contributed by atoms with Gasteiger partial charge in [0.1, 0.15) is 0 Å². The highest BCUT2D eigenvalue weighted by Crippen LogP contribution is 2.20. The van der Waals surface area contributed by atoms with Gasteiger partial charge in [-0.3, -0.25) is 4.79 Å². The van der Waals surface area contributed by atoms with Gasteiger partial charge in [-0.1, -0.05) is 22.0 Å². The standard InChI is InChI=1S/C14H16BrNO4/c1-9-6-11(15)3-2-10(9)7-12(17)16-14(13(18)19)4-5-20-8-14/h2-3,6H,4-5,7-8H2,1H3,(H,16,17)(H,18,19). The minimum Gasteiger partial charge on any atom is -0.479 e. The van der Waals surface area contributed by atoms with Crippen LogP contribution in [0.15, 0.2) is 22.7 Å². The fraction of sp³-hybridized carbons (Fsp3) is 0.429. The Bertz CT molecular complexity index is 538. The van der Waals surface area contributed by atoms with Crippen LogP contribution in [0.5, 0.6) is 0 Å². The Kier molecular flexibility index (Phi) is 4.45. The average molecular weight is 342 g/mol. The summed E-state index contributed by atoms with van der Waals surface area (Å²) in [7, 11) is 0. The van der Waals surface area contributed by atoms with E-state index in [4.69, 9.17) is 4.74 Å². The Labute approximate surface area is 125 Å². The van der Waals surface area contributed by atoms with Gasteiger partial charge in [0, 0.05) is 17.5 Å². The van der Waals surface area contributed by atoms with Crippen LogP contribution in [0.1, 0.15) is 17.5 Å². The first-order chi connectivity index (χ1) is 9.43. The molecule has 1 amide bonds. The fourth-order valence-corrected chi connectivity index (χ4v) is 2.70.